The zero-order chi connectivity index (χ0) is 42.5. The summed E-state index contributed by atoms with van der Waals surface area (Å²) in [5, 5.41) is 13.7. The molecule has 0 radical (unpaired) electrons. The van der Waals surface area contributed by atoms with Gasteiger partial charge in [0.2, 0.25) is 11.8 Å². The Morgan fingerprint density at radius 1 is 0.949 bits per heavy atom. The number of hydrogen-bond acceptors (Lipinski definition) is 13. The highest BCUT2D eigenvalue weighted by Crippen LogP contribution is 2.33. The molecule has 1 aromatic heterocycles. The van der Waals surface area contributed by atoms with Gasteiger partial charge in [0, 0.05) is 37.2 Å². The predicted molar refractivity (Wildman–Crippen MR) is 220 cm³/mol. The number of ether oxygens (including phenoxy) is 6. The zero-order valence-corrected chi connectivity index (χ0v) is 35.7. The van der Waals surface area contributed by atoms with E-state index in [2.05, 4.69) is 10.3 Å². The van der Waals surface area contributed by atoms with E-state index in [1.165, 1.54) is 16.2 Å². The van der Waals surface area contributed by atoms with Crippen LogP contribution in [-0.2, 0) is 51.2 Å². The van der Waals surface area contributed by atoms with Gasteiger partial charge < -0.3 is 48.6 Å². The van der Waals surface area contributed by atoms with Gasteiger partial charge in [0.05, 0.1) is 68.4 Å². The number of fused-ring (bicyclic) bond motifs is 1. The van der Waals surface area contributed by atoms with Crippen molar-refractivity contribution in [3.63, 3.8) is 0 Å². The molecule has 0 saturated carbocycles. The van der Waals surface area contributed by atoms with Crippen molar-refractivity contribution in [3.8, 4) is 16.2 Å². The average Bonchev–Trinajstić information content (AvgIpc) is 3.89. The first-order chi connectivity index (χ1) is 28.2. The molecule has 3 heterocycles. The van der Waals surface area contributed by atoms with Crippen LogP contribution in [0.2, 0.25) is 0 Å². The molecule has 0 aliphatic carbocycles. The highest BCUT2D eigenvalue weighted by atomic mass is 32.1. The molecule has 2 N–H and O–H groups in total. The van der Waals surface area contributed by atoms with Crippen LogP contribution < -0.4 is 10.1 Å². The van der Waals surface area contributed by atoms with Crippen LogP contribution in [0.15, 0.2) is 48.0 Å². The van der Waals surface area contributed by atoms with Gasteiger partial charge in [-0.1, -0.05) is 44.2 Å². The first kappa shape index (κ1) is 45.6. The minimum atomic E-state index is -0.908. The van der Waals surface area contributed by atoms with Crippen LogP contribution in [-0.4, -0.2) is 133 Å². The molecule has 16 heteroatoms. The number of rotatable bonds is 22. The number of β-amino-alcohol motifs (C(OH)–C–C–N with tert-alkyl or cyclic N) is 1. The van der Waals surface area contributed by atoms with Crippen molar-refractivity contribution in [2.24, 2.45) is 5.92 Å². The standard InChI is InChI=1S/C43H58N4O11S/c1-28(2)38(47-24-32-9-7-8-10-34(32)41(47)51)42(52)46-25-33(48)22-35(46)40(50)44-23-31-12-11-30(39-29(3)45-27-59-39)21-36(31)57-20-19-55-16-15-53-13-14-54-17-18-56-26-37(49)58-43(4,5)6/h7-12,21,27-28,33,35,38,48H,13-20,22-26H2,1-6H3,(H,44,50)/t33-,35+,38+/m1/s1. The topological polar surface area (TPSA) is 175 Å². The zero-order valence-electron chi connectivity index (χ0n) is 34.9. The third-order valence-corrected chi connectivity index (χ3v) is 10.7. The number of carbonyl (C=O) groups excluding carboxylic acids is 4. The van der Waals surface area contributed by atoms with Crippen LogP contribution in [0.1, 0.15) is 68.2 Å². The second kappa shape index (κ2) is 21.7. The number of hydrogen-bond donors (Lipinski definition) is 2. The number of aliphatic hydroxyl groups is 1. The Kier molecular flexibility index (Phi) is 16.8. The van der Waals surface area contributed by atoms with Gasteiger partial charge >= 0.3 is 5.97 Å². The van der Waals surface area contributed by atoms with E-state index in [9.17, 15) is 24.3 Å². The van der Waals surface area contributed by atoms with Crippen molar-refractivity contribution in [1.82, 2.24) is 20.1 Å². The number of benzene rings is 2. The van der Waals surface area contributed by atoms with E-state index in [1.807, 2.05) is 51.1 Å². The van der Waals surface area contributed by atoms with Gasteiger partial charge in [-0.25, -0.2) is 9.78 Å². The molecule has 2 aliphatic rings. The summed E-state index contributed by atoms with van der Waals surface area (Å²) in [5.74, 6) is -1.05. The fraction of sp³-hybridized carbons (Fsp3) is 0.558. The summed E-state index contributed by atoms with van der Waals surface area (Å²) in [7, 11) is 0. The van der Waals surface area contributed by atoms with E-state index in [0.717, 1.165) is 27.3 Å². The highest BCUT2D eigenvalue weighted by Gasteiger charge is 2.45. The van der Waals surface area contributed by atoms with Crippen molar-refractivity contribution in [2.75, 3.05) is 66.0 Å². The van der Waals surface area contributed by atoms with Gasteiger partial charge in [-0.15, -0.1) is 11.3 Å². The Balaban J connectivity index is 1.09. The number of esters is 1. The molecule has 2 aromatic carbocycles. The van der Waals surface area contributed by atoms with Crippen molar-refractivity contribution < 1.29 is 52.7 Å². The Morgan fingerprint density at radius 2 is 1.61 bits per heavy atom. The number of nitrogens with zero attached hydrogens (tertiary/aromatic N) is 3. The summed E-state index contributed by atoms with van der Waals surface area (Å²) in [4.78, 5) is 61.4. The molecule has 0 bridgehead atoms. The normalized spacial score (nSPS) is 17.1. The number of aliphatic hydroxyl groups excluding tert-OH is 1. The van der Waals surface area contributed by atoms with Gasteiger partial charge in [0.15, 0.2) is 0 Å². The smallest absolute Gasteiger partial charge is 0.332 e. The molecule has 1 saturated heterocycles. The summed E-state index contributed by atoms with van der Waals surface area (Å²) >= 11 is 1.52. The van der Waals surface area contributed by atoms with E-state index in [1.54, 1.807) is 43.3 Å². The maximum absolute atomic E-state index is 14.2. The van der Waals surface area contributed by atoms with Crippen LogP contribution in [0.5, 0.6) is 5.75 Å². The lowest BCUT2D eigenvalue weighted by atomic mass is 10.0. The number of likely N-dealkylation sites (tertiary alicyclic amines) is 1. The second-order valence-electron chi connectivity index (χ2n) is 15.8. The van der Waals surface area contributed by atoms with Crippen LogP contribution >= 0.6 is 11.3 Å². The van der Waals surface area contributed by atoms with Crippen molar-refractivity contribution in [3.05, 3.63) is 70.4 Å². The number of aryl methyl sites for hydroxylation is 1. The van der Waals surface area contributed by atoms with Crippen LogP contribution in [0.25, 0.3) is 10.4 Å². The van der Waals surface area contributed by atoms with E-state index in [0.29, 0.717) is 57.5 Å². The number of aromatic nitrogens is 1. The first-order valence-corrected chi connectivity index (χ1v) is 21.0. The molecule has 5 rings (SSSR count). The number of nitrogens with one attached hydrogen (secondary N) is 1. The molecule has 15 nitrogen and oxygen atoms in total. The molecule has 0 spiro atoms. The van der Waals surface area contributed by atoms with E-state index in [4.69, 9.17) is 28.4 Å². The molecule has 0 unspecified atom stereocenters. The summed E-state index contributed by atoms with van der Waals surface area (Å²) in [6.45, 7) is 14.0. The molecule has 3 amide bonds. The Hall–Kier alpha value is -4.45. The molecule has 1 fully saturated rings. The summed E-state index contributed by atoms with van der Waals surface area (Å²) in [5.41, 5.74) is 5.22. The molecule has 3 atom stereocenters. The van der Waals surface area contributed by atoms with Gasteiger partial charge in [0.25, 0.3) is 5.91 Å². The van der Waals surface area contributed by atoms with Crippen LogP contribution in [0, 0.1) is 12.8 Å². The molecule has 59 heavy (non-hydrogen) atoms. The van der Waals surface area contributed by atoms with Gasteiger partial charge in [-0.2, -0.15) is 0 Å². The second-order valence-corrected chi connectivity index (χ2v) is 16.7. The Morgan fingerprint density at radius 3 is 2.24 bits per heavy atom. The lowest BCUT2D eigenvalue weighted by Gasteiger charge is -2.35. The molecule has 322 valence electrons. The fourth-order valence-corrected chi connectivity index (χ4v) is 7.81. The van der Waals surface area contributed by atoms with Crippen LogP contribution in [0.3, 0.4) is 0 Å². The van der Waals surface area contributed by atoms with Crippen molar-refractivity contribution in [1.29, 1.82) is 0 Å². The number of amides is 3. The van der Waals surface area contributed by atoms with Crippen LogP contribution in [0.4, 0.5) is 0 Å². The minimum Gasteiger partial charge on any atom is -0.491 e. The summed E-state index contributed by atoms with van der Waals surface area (Å²) in [6, 6.07) is 11.4. The predicted octanol–water partition coefficient (Wildman–Crippen LogP) is 4.16. The third kappa shape index (κ3) is 13.0. The first-order valence-electron chi connectivity index (χ1n) is 20.1. The SMILES string of the molecule is Cc1ncsc1-c1ccc(CNC(=O)[C@@H]2C[C@@H](O)CN2C(=O)[C@H](C(C)C)N2Cc3ccccc3C2=O)c(OCCOCCOCCOCCOCC(=O)OC(C)(C)C)c1. The maximum Gasteiger partial charge on any atom is 0.332 e. The molecular formula is C43H58N4O11S. The number of thiazole rings is 1. The van der Waals surface area contributed by atoms with E-state index in [-0.39, 0.29) is 57.1 Å². The summed E-state index contributed by atoms with van der Waals surface area (Å²) < 4.78 is 33.4. The minimum absolute atomic E-state index is 0.000647. The number of carbonyl (C=O) groups is 4. The monoisotopic (exact) mass is 838 g/mol. The lowest BCUT2D eigenvalue weighted by molar-refractivity contribution is -0.160. The molecule has 2 aliphatic heterocycles. The Labute approximate surface area is 350 Å². The maximum atomic E-state index is 14.2. The summed E-state index contributed by atoms with van der Waals surface area (Å²) in [6.07, 6.45) is -0.790. The third-order valence-electron chi connectivity index (χ3n) is 9.70. The quantitative estimate of drug-likeness (QED) is 0.109. The van der Waals surface area contributed by atoms with Crippen molar-refractivity contribution in [2.45, 2.75) is 84.8 Å². The lowest BCUT2D eigenvalue weighted by Crippen LogP contribution is -2.55. The largest absolute Gasteiger partial charge is 0.491 e. The van der Waals surface area contributed by atoms with E-state index >= 15 is 0 Å². The van der Waals surface area contributed by atoms with Gasteiger partial charge in [-0.05, 0) is 56.9 Å². The van der Waals surface area contributed by atoms with Gasteiger partial charge in [-0.3, -0.25) is 14.4 Å². The fourth-order valence-electron chi connectivity index (χ4n) is 7.01. The van der Waals surface area contributed by atoms with E-state index < -0.39 is 35.7 Å². The highest BCUT2D eigenvalue weighted by molar-refractivity contribution is 7.13. The average molecular weight is 839 g/mol. The van der Waals surface area contributed by atoms with Crippen molar-refractivity contribution >= 4 is 35.0 Å². The molecular weight excluding hydrogens is 781 g/mol. The molecule has 3 aromatic rings. The van der Waals surface area contributed by atoms with Gasteiger partial charge in [0.1, 0.15) is 36.6 Å². The Bertz CT molecular complexity index is 1880.